The first-order valence-corrected chi connectivity index (χ1v) is 5.16. The van der Waals surface area contributed by atoms with Gasteiger partial charge < -0.3 is 20.7 Å². The number of hydrogen-bond acceptors (Lipinski definition) is 5. The lowest BCUT2D eigenvalue weighted by Gasteiger charge is -2.12. The van der Waals surface area contributed by atoms with Crippen LogP contribution in [0.15, 0.2) is 18.2 Å². The van der Waals surface area contributed by atoms with Crippen LogP contribution in [0, 0.1) is 0 Å². The monoisotopic (exact) mass is 241 g/mol. The Hall–Kier alpha value is -1.75. The Balaban J connectivity index is 2.81. The van der Waals surface area contributed by atoms with E-state index in [1.165, 1.54) is 12.1 Å². The summed E-state index contributed by atoms with van der Waals surface area (Å²) in [6.45, 7) is 1.19. The van der Waals surface area contributed by atoms with Crippen LogP contribution in [0.5, 0.6) is 11.5 Å². The van der Waals surface area contributed by atoms with Crippen molar-refractivity contribution in [2.75, 3.05) is 6.61 Å². The van der Waals surface area contributed by atoms with Crippen molar-refractivity contribution in [3.05, 3.63) is 23.8 Å². The lowest BCUT2D eigenvalue weighted by molar-refractivity contribution is -0.143. The van der Waals surface area contributed by atoms with Gasteiger partial charge in [0, 0.05) is 13.8 Å². The van der Waals surface area contributed by atoms with E-state index in [9.17, 15) is 15.0 Å². The molecule has 17 heavy (non-hydrogen) atoms. The van der Waals surface area contributed by atoms with Crippen LogP contribution in [-0.2, 0) is 15.9 Å². The Morgan fingerprint density at radius 1 is 1.59 bits per heavy atom. The largest absolute Gasteiger partial charge is 0.504 e. The molecule has 0 bridgehead atoms. The van der Waals surface area contributed by atoms with Crippen molar-refractivity contribution in [3.63, 3.8) is 0 Å². The predicted octanol–water partition coefficient (Wildman–Crippen LogP) is 0.921. The van der Waals surface area contributed by atoms with Gasteiger partial charge in [-0.15, -0.1) is 0 Å². The number of ether oxygens (including phenoxy) is 1. The third-order valence-electron chi connectivity index (χ3n) is 2.04. The van der Waals surface area contributed by atoms with E-state index < -0.39 is 30.7 Å². The number of carbonyl (C=O) groups is 1. The molecule has 0 saturated heterocycles. The maximum atomic E-state index is 11.0. The second-order valence-electron chi connectivity index (χ2n) is 3.48. The van der Waals surface area contributed by atoms with Gasteiger partial charge in [-0.1, -0.05) is 13.0 Å². The fraction of sp³-hybridized carbons (Fsp3) is 0.417. The normalized spacial score (nSPS) is 17.5. The zero-order valence-corrected chi connectivity index (χ0v) is 9.51. The van der Waals surface area contributed by atoms with Crippen LogP contribution < -0.4 is 5.73 Å². The van der Waals surface area contributed by atoms with Crippen molar-refractivity contribution in [1.29, 1.82) is 0 Å². The molecule has 0 saturated carbocycles. The van der Waals surface area contributed by atoms with Gasteiger partial charge in [0.25, 0.3) is 0 Å². The molecule has 0 spiro atoms. The molecular formula is C12H17NO4. The van der Waals surface area contributed by atoms with Crippen LogP contribution in [-0.4, -0.2) is 28.8 Å². The van der Waals surface area contributed by atoms with E-state index in [-0.39, 0.29) is 17.7 Å². The average molecular weight is 241 g/mol. The molecule has 0 radical (unpaired) electrons. The molecular weight excluding hydrogens is 222 g/mol. The van der Waals surface area contributed by atoms with Crippen LogP contribution in [0.25, 0.3) is 0 Å². The molecule has 0 fully saturated rings. The minimum atomic E-state index is -1.84. The number of carbonyl (C=O) groups excluding carboxylic acids is 1. The van der Waals surface area contributed by atoms with Crippen molar-refractivity contribution in [3.8, 4) is 11.5 Å². The summed E-state index contributed by atoms with van der Waals surface area (Å²) in [7, 11) is 0. The summed E-state index contributed by atoms with van der Waals surface area (Å²) in [5.74, 6) is -1.21. The van der Waals surface area contributed by atoms with Crippen molar-refractivity contribution >= 4 is 5.97 Å². The van der Waals surface area contributed by atoms with E-state index in [0.29, 0.717) is 0 Å². The fourth-order valence-corrected chi connectivity index (χ4v) is 1.15. The molecule has 4 N–H and O–H groups in total. The molecule has 5 heteroatoms. The van der Waals surface area contributed by atoms with Gasteiger partial charge in [0.15, 0.2) is 11.5 Å². The van der Waals surface area contributed by atoms with Crippen LogP contribution in [0.4, 0.5) is 0 Å². The number of aromatic hydroxyl groups is 2. The Bertz CT molecular complexity index is 465. The number of rotatable bonds is 5. The van der Waals surface area contributed by atoms with Gasteiger partial charge >= 0.3 is 5.97 Å². The van der Waals surface area contributed by atoms with Crippen molar-refractivity contribution < 1.29 is 22.5 Å². The Kier molecular flexibility index (Phi) is 3.73. The summed E-state index contributed by atoms with van der Waals surface area (Å²) in [6, 6.07) is 1.91. The standard InChI is InChI=1S/C12H17NO4/c1-2-12(16)17-7-9(13)5-8-3-4-10(14)11(15)6-8/h3-4,6,9,14-15H,2,5,7,13H2,1H3/t9-/m0/s1/i5D,9D/t5?,9-. The maximum Gasteiger partial charge on any atom is 0.305 e. The summed E-state index contributed by atoms with van der Waals surface area (Å²) in [6.07, 6.45) is -1.07. The van der Waals surface area contributed by atoms with Gasteiger partial charge in [-0.2, -0.15) is 0 Å². The molecule has 0 aliphatic rings. The molecule has 0 aromatic heterocycles. The van der Waals surface area contributed by atoms with Gasteiger partial charge in [-0.05, 0) is 24.1 Å². The van der Waals surface area contributed by atoms with Gasteiger partial charge in [-0.3, -0.25) is 4.79 Å². The first-order chi connectivity index (χ1) is 8.77. The summed E-state index contributed by atoms with van der Waals surface area (Å²) >= 11 is 0. The predicted molar refractivity (Wildman–Crippen MR) is 62.7 cm³/mol. The van der Waals surface area contributed by atoms with Gasteiger partial charge in [0.1, 0.15) is 6.61 Å². The van der Waals surface area contributed by atoms with Crippen LogP contribution in [0.1, 0.15) is 21.6 Å². The zero-order valence-electron chi connectivity index (χ0n) is 11.5. The van der Waals surface area contributed by atoms with Gasteiger partial charge in [-0.25, -0.2) is 0 Å². The molecule has 1 aromatic carbocycles. The van der Waals surface area contributed by atoms with Crippen LogP contribution >= 0.6 is 0 Å². The maximum absolute atomic E-state index is 11.0. The molecule has 5 nitrogen and oxygen atoms in total. The van der Waals surface area contributed by atoms with Gasteiger partial charge in [0.05, 0.1) is 1.37 Å². The molecule has 0 heterocycles. The topological polar surface area (TPSA) is 92.8 Å². The van der Waals surface area contributed by atoms with Crippen molar-refractivity contribution in [2.45, 2.75) is 25.8 Å². The molecule has 1 rings (SSSR count). The first kappa shape index (κ1) is 10.4. The SMILES string of the molecule is [2H]C(c1ccc(O)c(O)c1)[C@]([2H])(N)COC(=O)CC. The van der Waals surface area contributed by atoms with Crippen LogP contribution in [0.3, 0.4) is 0 Å². The van der Waals surface area contributed by atoms with E-state index in [1.54, 1.807) is 6.92 Å². The summed E-state index contributed by atoms with van der Waals surface area (Å²) in [5.41, 5.74) is 5.89. The highest BCUT2D eigenvalue weighted by molar-refractivity contribution is 5.68. The summed E-state index contributed by atoms with van der Waals surface area (Å²) in [4.78, 5) is 11.0. The minimum Gasteiger partial charge on any atom is -0.504 e. The number of esters is 1. The third-order valence-corrected chi connectivity index (χ3v) is 2.04. The number of phenolic OH excluding ortho intramolecular Hbond substituents is 2. The number of benzene rings is 1. The summed E-state index contributed by atoms with van der Waals surface area (Å²) < 4.78 is 20.5. The van der Waals surface area contributed by atoms with Crippen molar-refractivity contribution in [1.82, 2.24) is 0 Å². The Morgan fingerprint density at radius 3 is 2.88 bits per heavy atom. The lowest BCUT2D eigenvalue weighted by Crippen LogP contribution is -2.29. The van der Waals surface area contributed by atoms with Crippen LogP contribution in [0.2, 0.25) is 0 Å². The van der Waals surface area contributed by atoms with E-state index in [1.807, 2.05) is 0 Å². The molecule has 1 aromatic rings. The van der Waals surface area contributed by atoms with Crippen molar-refractivity contribution in [2.24, 2.45) is 5.73 Å². The molecule has 2 atom stereocenters. The summed E-state index contributed by atoms with van der Waals surface area (Å²) in [5, 5.41) is 18.5. The lowest BCUT2D eigenvalue weighted by atomic mass is 10.1. The van der Waals surface area contributed by atoms with E-state index >= 15 is 0 Å². The Morgan fingerprint density at radius 2 is 2.29 bits per heavy atom. The number of nitrogens with two attached hydrogens (primary N) is 1. The number of hydrogen-bond donors (Lipinski definition) is 3. The zero-order chi connectivity index (χ0) is 14.6. The highest BCUT2D eigenvalue weighted by Crippen LogP contribution is 2.25. The van der Waals surface area contributed by atoms with Gasteiger partial charge in [0.2, 0.25) is 0 Å². The highest BCUT2D eigenvalue weighted by Gasteiger charge is 2.09. The fourth-order valence-electron chi connectivity index (χ4n) is 1.15. The second kappa shape index (κ2) is 6.10. The molecule has 1 unspecified atom stereocenters. The average Bonchev–Trinajstić information content (AvgIpc) is 2.38. The third kappa shape index (κ3) is 4.32. The van der Waals surface area contributed by atoms with E-state index in [0.717, 1.165) is 6.07 Å². The molecule has 0 amide bonds. The number of phenols is 2. The molecule has 0 aliphatic carbocycles. The Labute approximate surface area is 103 Å². The molecule has 0 aliphatic heterocycles. The molecule has 94 valence electrons. The van der Waals surface area contributed by atoms with E-state index in [4.69, 9.17) is 13.2 Å². The van der Waals surface area contributed by atoms with E-state index in [2.05, 4.69) is 0 Å². The smallest absolute Gasteiger partial charge is 0.305 e. The first-order valence-electron chi connectivity index (χ1n) is 6.24. The quantitative estimate of drug-likeness (QED) is 0.526. The minimum absolute atomic E-state index is 0.165. The second-order valence-corrected chi connectivity index (χ2v) is 3.48. The highest BCUT2D eigenvalue weighted by atomic mass is 16.5.